The van der Waals surface area contributed by atoms with Gasteiger partial charge >= 0.3 is 5.97 Å². The number of ether oxygens (including phenoxy) is 1. The van der Waals surface area contributed by atoms with Crippen molar-refractivity contribution in [1.82, 2.24) is 10.3 Å². The van der Waals surface area contributed by atoms with Crippen LogP contribution >= 0.6 is 11.3 Å². The number of carboxylic acid groups (broad SMARTS) is 1. The highest BCUT2D eigenvalue weighted by molar-refractivity contribution is 7.13. The number of aromatic carboxylic acids is 1. The first-order chi connectivity index (χ1) is 8.54. The lowest BCUT2D eigenvalue weighted by molar-refractivity contribution is -0.122. The quantitative estimate of drug-likeness (QED) is 0.728. The first kappa shape index (κ1) is 14.6. The van der Waals surface area contributed by atoms with Gasteiger partial charge in [-0.1, -0.05) is 0 Å². The Labute approximate surface area is 109 Å². The van der Waals surface area contributed by atoms with Crippen LogP contribution in [0.4, 0.5) is 0 Å². The van der Waals surface area contributed by atoms with Gasteiger partial charge in [-0.3, -0.25) is 4.79 Å². The van der Waals surface area contributed by atoms with E-state index in [4.69, 9.17) is 9.84 Å². The minimum atomic E-state index is -0.987. The fourth-order valence-corrected chi connectivity index (χ4v) is 2.14. The van der Waals surface area contributed by atoms with Crippen LogP contribution in [0, 0.1) is 6.92 Å². The zero-order chi connectivity index (χ0) is 13.5. The Bertz CT molecular complexity index is 431. The Balaban J connectivity index is 2.41. The van der Waals surface area contributed by atoms with Crippen LogP contribution in [0.3, 0.4) is 0 Å². The second-order valence-corrected chi connectivity index (χ2v) is 4.63. The smallest absolute Gasteiger partial charge is 0.347 e. The van der Waals surface area contributed by atoms with Crippen molar-refractivity contribution < 1.29 is 19.4 Å². The summed E-state index contributed by atoms with van der Waals surface area (Å²) in [6.45, 7) is 4.73. The molecule has 1 aromatic rings. The number of aryl methyl sites for hydroxylation is 1. The van der Waals surface area contributed by atoms with Gasteiger partial charge in [-0.25, -0.2) is 9.78 Å². The summed E-state index contributed by atoms with van der Waals surface area (Å²) in [6, 6.07) is 0. The van der Waals surface area contributed by atoms with E-state index in [0.717, 1.165) is 11.3 Å². The number of carboxylic acids is 1. The molecule has 0 saturated heterocycles. The molecule has 100 valence electrons. The summed E-state index contributed by atoms with van der Waals surface area (Å²) in [5, 5.41) is 12.1. The van der Waals surface area contributed by atoms with E-state index < -0.39 is 5.97 Å². The third-order valence-corrected chi connectivity index (χ3v) is 3.29. The van der Waals surface area contributed by atoms with E-state index in [1.165, 1.54) is 0 Å². The molecule has 1 rings (SSSR count). The molecule has 0 saturated carbocycles. The highest BCUT2D eigenvalue weighted by Gasteiger charge is 2.14. The van der Waals surface area contributed by atoms with Gasteiger partial charge in [0.2, 0.25) is 5.91 Å². The van der Waals surface area contributed by atoms with Crippen LogP contribution in [0.25, 0.3) is 0 Å². The standard InChI is InChI=1S/C11H16N2O4S/c1-3-17-5-4-8(14)12-6-9-13-7(2)10(18-9)11(15)16/h3-6H2,1-2H3,(H,12,14)(H,15,16). The van der Waals surface area contributed by atoms with Crippen molar-refractivity contribution in [2.24, 2.45) is 0 Å². The summed E-state index contributed by atoms with van der Waals surface area (Å²) >= 11 is 1.08. The van der Waals surface area contributed by atoms with Crippen molar-refractivity contribution >= 4 is 23.2 Å². The summed E-state index contributed by atoms with van der Waals surface area (Å²) in [6.07, 6.45) is 0.296. The van der Waals surface area contributed by atoms with E-state index in [-0.39, 0.29) is 17.3 Å². The van der Waals surface area contributed by atoms with Gasteiger partial charge in [-0.15, -0.1) is 11.3 Å². The number of aromatic nitrogens is 1. The molecule has 0 aromatic carbocycles. The molecule has 0 aliphatic rings. The van der Waals surface area contributed by atoms with Gasteiger partial charge in [0.25, 0.3) is 0 Å². The number of hydrogen-bond donors (Lipinski definition) is 2. The highest BCUT2D eigenvalue weighted by atomic mass is 32.1. The summed E-state index contributed by atoms with van der Waals surface area (Å²) < 4.78 is 5.06. The van der Waals surface area contributed by atoms with E-state index in [1.807, 2.05) is 6.92 Å². The molecule has 7 heteroatoms. The fourth-order valence-electron chi connectivity index (χ4n) is 1.30. The molecule has 18 heavy (non-hydrogen) atoms. The monoisotopic (exact) mass is 272 g/mol. The number of thiazole rings is 1. The molecule has 0 aliphatic carbocycles. The first-order valence-corrected chi connectivity index (χ1v) is 6.40. The minimum absolute atomic E-state index is 0.131. The Morgan fingerprint density at radius 1 is 1.50 bits per heavy atom. The van der Waals surface area contributed by atoms with Crippen LogP contribution in [0.2, 0.25) is 0 Å². The van der Waals surface area contributed by atoms with Crippen molar-refractivity contribution in [3.05, 3.63) is 15.6 Å². The van der Waals surface area contributed by atoms with Crippen molar-refractivity contribution in [2.45, 2.75) is 26.8 Å². The van der Waals surface area contributed by atoms with Gasteiger partial charge in [0.05, 0.1) is 18.8 Å². The number of carbonyl (C=O) groups excluding carboxylic acids is 1. The zero-order valence-electron chi connectivity index (χ0n) is 10.4. The molecular formula is C11H16N2O4S. The van der Waals surface area contributed by atoms with Gasteiger partial charge in [0.15, 0.2) is 0 Å². The van der Waals surface area contributed by atoms with Crippen LogP contribution < -0.4 is 5.32 Å². The number of nitrogens with zero attached hydrogens (tertiary/aromatic N) is 1. The van der Waals surface area contributed by atoms with Crippen LogP contribution in [-0.2, 0) is 16.1 Å². The Morgan fingerprint density at radius 3 is 2.78 bits per heavy atom. The molecule has 0 spiro atoms. The topological polar surface area (TPSA) is 88.5 Å². The Morgan fingerprint density at radius 2 is 2.22 bits per heavy atom. The molecule has 0 atom stereocenters. The predicted molar refractivity (Wildman–Crippen MR) is 66.8 cm³/mol. The molecule has 0 bridgehead atoms. The normalized spacial score (nSPS) is 10.3. The van der Waals surface area contributed by atoms with Gasteiger partial charge in [0.1, 0.15) is 9.88 Å². The maximum absolute atomic E-state index is 11.4. The largest absolute Gasteiger partial charge is 0.477 e. The van der Waals surface area contributed by atoms with E-state index in [9.17, 15) is 9.59 Å². The van der Waals surface area contributed by atoms with Crippen LogP contribution in [0.5, 0.6) is 0 Å². The summed E-state index contributed by atoms with van der Waals surface area (Å²) in [7, 11) is 0. The van der Waals surface area contributed by atoms with Crippen LogP contribution in [0.15, 0.2) is 0 Å². The van der Waals surface area contributed by atoms with Gasteiger partial charge < -0.3 is 15.2 Å². The average molecular weight is 272 g/mol. The molecule has 6 nitrogen and oxygen atoms in total. The molecule has 1 amide bonds. The number of carbonyl (C=O) groups is 2. The van der Waals surface area contributed by atoms with Gasteiger partial charge in [-0.2, -0.15) is 0 Å². The minimum Gasteiger partial charge on any atom is -0.477 e. The number of nitrogens with one attached hydrogen (secondary N) is 1. The number of rotatable bonds is 7. The summed E-state index contributed by atoms with van der Waals surface area (Å²) in [5.74, 6) is -1.12. The lowest BCUT2D eigenvalue weighted by Crippen LogP contribution is -2.23. The molecular weight excluding hydrogens is 256 g/mol. The molecule has 0 radical (unpaired) electrons. The van der Waals surface area contributed by atoms with Gasteiger partial charge in [0, 0.05) is 13.0 Å². The Hall–Kier alpha value is -1.47. The fraction of sp³-hybridized carbons (Fsp3) is 0.545. The second kappa shape index (κ2) is 7.07. The van der Waals surface area contributed by atoms with Crippen molar-refractivity contribution in [1.29, 1.82) is 0 Å². The van der Waals surface area contributed by atoms with E-state index in [1.54, 1.807) is 6.92 Å². The van der Waals surface area contributed by atoms with Gasteiger partial charge in [-0.05, 0) is 13.8 Å². The summed E-state index contributed by atoms with van der Waals surface area (Å²) in [4.78, 5) is 26.5. The first-order valence-electron chi connectivity index (χ1n) is 5.58. The molecule has 0 aliphatic heterocycles. The lowest BCUT2D eigenvalue weighted by Gasteiger charge is -2.02. The number of hydrogen-bond acceptors (Lipinski definition) is 5. The molecule has 1 heterocycles. The maximum Gasteiger partial charge on any atom is 0.347 e. The molecule has 2 N–H and O–H groups in total. The van der Waals surface area contributed by atoms with E-state index in [2.05, 4.69) is 10.3 Å². The van der Waals surface area contributed by atoms with Crippen molar-refractivity contribution in [3.8, 4) is 0 Å². The van der Waals surface area contributed by atoms with E-state index >= 15 is 0 Å². The van der Waals surface area contributed by atoms with Crippen LogP contribution in [0.1, 0.15) is 33.7 Å². The third kappa shape index (κ3) is 4.42. The van der Waals surface area contributed by atoms with Crippen LogP contribution in [-0.4, -0.2) is 35.2 Å². The SMILES string of the molecule is CCOCCC(=O)NCc1nc(C)c(C(=O)O)s1. The lowest BCUT2D eigenvalue weighted by atomic mass is 10.4. The second-order valence-electron chi connectivity index (χ2n) is 3.55. The maximum atomic E-state index is 11.4. The third-order valence-electron chi connectivity index (χ3n) is 2.15. The highest BCUT2D eigenvalue weighted by Crippen LogP contribution is 2.17. The predicted octanol–water partition coefficient (Wildman–Crippen LogP) is 1.19. The van der Waals surface area contributed by atoms with E-state index in [0.29, 0.717) is 30.3 Å². The zero-order valence-corrected chi connectivity index (χ0v) is 11.2. The molecule has 0 fully saturated rings. The molecule has 0 unspecified atom stereocenters. The molecule has 1 aromatic heterocycles. The average Bonchev–Trinajstić information content (AvgIpc) is 2.68. The van der Waals surface area contributed by atoms with Crippen molar-refractivity contribution in [2.75, 3.05) is 13.2 Å². The number of amides is 1. The van der Waals surface area contributed by atoms with Crippen molar-refractivity contribution in [3.63, 3.8) is 0 Å². The Kier molecular flexibility index (Phi) is 5.73. The summed E-state index contributed by atoms with van der Waals surface area (Å²) in [5.41, 5.74) is 0.478.